The summed E-state index contributed by atoms with van der Waals surface area (Å²) in [6.45, 7) is 0. The van der Waals surface area contributed by atoms with Gasteiger partial charge in [0.05, 0.1) is 34.4 Å². The van der Waals surface area contributed by atoms with Crippen LogP contribution in [0, 0.1) is 11.6 Å². The van der Waals surface area contributed by atoms with Crippen LogP contribution in [0.3, 0.4) is 0 Å². The van der Waals surface area contributed by atoms with Gasteiger partial charge in [-0.25, -0.2) is 23.5 Å². The van der Waals surface area contributed by atoms with Gasteiger partial charge in [0.25, 0.3) is 5.78 Å². The van der Waals surface area contributed by atoms with Crippen LogP contribution in [0.15, 0.2) is 40.1 Å². The highest BCUT2D eigenvalue weighted by atomic mass is 79.9. The van der Waals surface area contributed by atoms with Crippen molar-refractivity contribution in [3.63, 3.8) is 0 Å². The van der Waals surface area contributed by atoms with E-state index in [0.717, 1.165) is 12.4 Å². The molecule has 3 N–H and O–H groups in total. The number of aromatic amines is 2. The maximum absolute atomic E-state index is 13.4. The molecule has 154 valence electrons. The second-order valence-corrected chi connectivity index (χ2v) is 6.65. The zero-order valence-corrected chi connectivity index (χ0v) is 16.2. The molecule has 4 aromatic rings. The summed E-state index contributed by atoms with van der Waals surface area (Å²) in [7, 11) is 0. The van der Waals surface area contributed by atoms with E-state index in [1.165, 1.54) is 6.20 Å². The smallest absolute Gasteiger partial charge is 0.377 e. The van der Waals surface area contributed by atoms with Crippen LogP contribution in [0.5, 0.6) is 0 Å². The van der Waals surface area contributed by atoms with Crippen molar-refractivity contribution in [1.29, 1.82) is 0 Å². The lowest BCUT2D eigenvalue weighted by Gasteiger charge is -1.97. The zero-order chi connectivity index (χ0) is 19.7. The second-order valence-electron chi connectivity index (χ2n) is 5.15. The van der Waals surface area contributed by atoms with Crippen molar-refractivity contribution >= 4 is 65.4 Å². The van der Waals surface area contributed by atoms with Crippen LogP contribution >= 0.6 is 31.9 Å². The lowest BCUT2D eigenvalue weighted by Crippen LogP contribution is -2.12. The fourth-order valence-electron chi connectivity index (χ4n) is 2.36. The lowest BCUT2D eigenvalue weighted by molar-refractivity contribution is -0.131. The number of Topliss-reactive ketones (excluding diaryl/α,β-unsaturated/α-hetero) is 1. The van der Waals surface area contributed by atoms with Gasteiger partial charge in [-0.1, -0.05) is 14.9 Å². The Morgan fingerprint density at radius 1 is 0.966 bits per heavy atom. The number of ketones is 1. The van der Waals surface area contributed by atoms with Gasteiger partial charge >= 0.3 is 5.97 Å². The first kappa shape index (κ1) is 24.4. The minimum atomic E-state index is -1.63. The third kappa shape index (κ3) is 4.67. The third-order valence-corrected chi connectivity index (χ3v) is 4.76. The number of hydrogen-bond acceptors (Lipinski definition) is 4. The highest BCUT2D eigenvalue weighted by molar-refractivity contribution is 9.10. The normalized spacial score (nSPS) is 9.93. The van der Waals surface area contributed by atoms with Crippen molar-refractivity contribution in [2.75, 3.05) is 0 Å². The molecule has 0 unspecified atom stereocenters. The molecule has 4 heterocycles. The first-order chi connectivity index (χ1) is 12.8. The number of nitrogens with one attached hydrogen (secondary N) is 2. The molecule has 0 atom stereocenters. The Hall–Kier alpha value is -2.66. The molecule has 0 radical (unpaired) electrons. The Labute approximate surface area is 180 Å². The number of carboxylic acids is 1. The van der Waals surface area contributed by atoms with Gasteiger partial charge in [-0.3, -0.25) is 4.79 Å². The second kappa shape index (κ2) is 9.70. The summed E-state index contributed by atoms with van der Waals surface area (Å²) in [5.41, 5.74) is 0.734. The number of carbonyl (C=O) groups excluding carboxylic acids is 1. The van der Waals surface area contributed by atoms with Gasteiger partial charge in [0.2, 0.25) is 0 Å². The molecule has 0 fully saturated rings. The summed E-state index contributed by atoms with van der Waals surface area (Å²) >= 11 is 6.26. The highest BCUT2D eigenvalue weighted by Gasteiger charge is 2.22. The summed E-state index contributed by atoms with van der Waals surface area (Å²) in [6, 6.07) is 1.68. The molecule has 7 nitrogen and oxygen atoms in total. The van der Waals surface area contributed by atoms with E-state index in [0.29, 0.717) is 20.1 Å². The largest absolute Gasteiger partial charge is 0.475 e. The molecule has 0 saturated carbocycles. The Bertz CT molecular complexity index is 1150. The molecule has 0 spiro atoms. The number of halogens is 4. The molecule has 11 heteroatoms. The highest BCUT2D eigenvalue weighted by Crippen LogP contribution is 2.26. The molecule has 0 saturated heterocycles. The fourth-order valence-corrected chi connectivity index (χ4v) is 3.20. The van der Waals surface area contributed by atoms with Crippen molar-refractivity contribution < 1.29 is 23.5 Å². The number of H-pyrrole nitrogens is 2. The Morgan fingerprint density at radius 2 is 1.55 bits per heavy atom. The van der Waals surface area contributed by atoms with E-state index in [1.54, 1.807) is 12.3 Å². The fraction of sp³-hybridized carbons (Fsp3) is 0.111. The number of aromatic nitrogens is 4. The number of hydrogen-bond donors (Lipinski definition) is 3. The van der Waals surface area contributed by atoms with E-state index < -0.39 is 17.6 Å². The number of aliphatic carboxylic acids is 1. The summed E-state index contributed by atoms with van der Waals surface area (Å²) < 4.78 is 27.3. The number of pyridine rings is 2. The summed E-state index contributed by atoms with van der Waals surface area (Å²) in [5, 5.41) is 9.05. The van der Waals surface area contributed by atoms with Gasteiger partial charge in [-0.15, -0.1) is 0 Å². The Kier molecular flexibility index (Phi) is 8.15. The lowest BCUT2D eigenvalue weighted by atomic mass is 10.1. The molecule has 29 heavy (non-hydrogen) atoms. The van der Waals surface area contributed by atoms with E-state index in [1.807, 2.05) is 0 Å². The first-order valence-corrected chi connectivity index (χ1v) is 8.75. The monoisotopic (exact) mass is 532 g/mol. The van der Waals surface area contributed by atoms with Gasteiger partial charge in [0, 0.05) is 17.8 Å². The van der Waals surface area contributed by atoms with Gasteiger partial charge in [-0.2, -0.15) is 0 Å². The summed E-state index contributed by atoms with van der Waals surface area (Å²) in [4.78, 5) is 34.7. The van der Waals surface area contributed by atoms with E-state index in [2.05, 4.69) is 51.8 Å². The van der Waals surface area contributed by atoms with Crippen LogP contribution in [0.2, 0.25) is 0 Å². The van der Waals surface area contributed by atoms with E-state index in [9.17, 15) is 18.4 Å². The average Bonchev–Trinajstić information content (AvgIpc) is 3.29. The number of carboxylic acid groups (broad SMARTS) is 1. The van der Waals surface area contributed by atoms with Crippen LogP contribution < -0.4 is 0 Å². The van der Waals surface area contributed by atoms with Crippen LogP contribution in [0.1, 0.15) is 25.2 Å². The van der Waals surface area contributed by atoms with Gasteiger partial charge in [0.1, 0.15) is 9.21 Å². The third-order valence-electron chi connectivity index (χ3n) is 3.56. The van der Waals surface area contributed by atoms with E-state index in [4.69, 9.17) is 5.11 Å². The molecular weight excluding hydrogens is 518 g/mol. The topological polar surface area (TPSA) is 112 Å². The predicted molar refractivity (Wildman–Crippen MR) is 113 cm³/mol. The Morgan fingerprint density at radius 3 is 2.14 bits per heavy atom. The first-order valence-electron chi connectivity index (χ1n) is 7.17. The zero-order valence-electron chi connectivity index (χ0n) is 13.1. The molecule has 4 aromatic heterocycles. The van der Waals surface area contributed by atoms with Gasteiger partial charge in [0.15, 0.2) is 11.6 Å². The van der Waals surface area contributed by atoms with Crippen molar-refractivity contribution in [1.82, 2.24) is 19.9 Å². The molecular formula is C18H16Br2F2N4O3. The quantitative estimate of drug-likeness (QED) is 0.180. The SMILES string of the molecule is C.C.Fc1cnc(Br)c2[nH]ccc12.O=C(O)C(=O)c1c[nH]c2c(Br)ncc(F)c12. The maximum Gasteiger partial charge on any atom is 0.377 e. The van der Waals surface area contributed by atoms with Crippen molar-refractivity contribution in [3.05, 3.63) is 57.3 Å². The van der Waals surface area contributed by atoms with E-state index in [-0.39, 0.29) is 37.1 Å². The molecule has 4 rings (SSSR count). The minimum Gasteiger partial charge on any atom is -0.475 e. The van der Waals surface area contributed by atoms with Crippen molar-refractivity contribution in [2.45, 2.75) is 14.9 Å². The number of carbonyl (C=O) groups is 2. The molecule has 0 aliphatic heterocycles. The minimum absolute atomic E-state index is 0. The van der Waals surface area contributed by atoms with Crippen LogP contribution in [-0.4, -0.2) is 36.8 Å². The van der Waals surface area contributed by atoms with E-state index >= 15 is 0 Å². The molecule has 0 aliphatic carbocycles. The summed E-state index contributed by atoms with van der Waals surface area (Å²) in [5.74, 6) is -3.84. The standard InChI is InChI=1S/C9H4BrFN2O3.C7H4BrFN2.2CH4/c10-8-6-5(4(11)2-13-8)3(1-12-6)7(14)9(15)16;8-7-6-4(1-2-10-6)5(9)3-11-7;;/h1-2,12H,(H,15,16);1-3,10H;2*1H4. The van der Waals surface area contributed by atoms with Crippen molar-refractivity contribution in [3.8, 4) is 0 Å². The number of rotatable bonds is 2. The molecule has 0 bridgehead atoms. The molecule has 0 aromatic carbocycles. The number of nitrogens with zero attached hydrogens (tertiary/aromatic N) is 2. The molecule has 0 amide bonds. The van der Waals surface area contributed by atoms with Crippen molar-refractivity contribution in [2.24, 2.45) is 0 Å². The van der Waals surface area contributed by atoms with Gasteiger partial charge in [-0.05, 0) is 37.9 Å². The predicted octanol–water partition coefficient (Wildman–Crippen LogP) is 5.47. The average molecular weight is 534 g/mol. The molecule has 0 aliphatic rings. The number of fused-ring (bicyclic) bond motifs is 2. The van der Waals surface area contributed by atoms with Crippen LogP contribution in [-0.2, 0) is 4.79 Å². The van der Waals surface area contributed by atoms with Crippen LogP contribution in [0.25, 0.3) is 21.8 Å². The van der Waals surface area contributed by atoms with Gasteiger partial charge < -0.3 is 15.1 Å². The maximum atomic E-state index is 13.4. The van der Waals surface area contributed by atoms with Crippen LogP contribution in [0.4, 0.5) is 8.78 Å². The summed E-state index contributed by atoms with van der Waals surface area (Å²) in [6.07, 6.45) is 4.94. The Balaban J connectivity index is 0.000000286.